The first kappa shape index (κ1) is 54.7. The minimum Gasteiger partial charge on any atom is -0.550 e. The van der Waals surface area contributed by atoms with Gasteiger partial charge in [0.1, 0.15) is 12.1 Å². The van der Waals surface area contributed by atoms with E-state index in [0.29, 0.717) is 0 Å². The van der Waals surface area contributed by atoms with Gasteiger partial charge in [-0.05, 0) is 0 Å². The Balaban J connectivity index is -0.0000000683. The third-order valence-corrected chi connectivity index (χ3v) is 2.80. The number of rotatable bonds is 12. The number of nitrogens with two attached hydrogens (primary N) is 4. The monoisotopic (exact) mass is 630 g/mol. The maximum absolute atomic E-state index is 9.82. The summed E-state index contributed by atoms with van der Waals surface area (Å²) >= 11 is 0. The van der Waals surface area contributed by atoms with Crippen LogP contribution in [0.15, 0.2) is 0 Å². The molecule has 23 heteroatoms. The van der Waals surface area contributed by atoms with Crippen molar-refractivity contribution in [3.8, 4) is 0 Å². The Labute approximate surface area is 320 Å². The number of hydrogen-bond donors (Lipinski definition) is 8. The molecule has 20 nitrogen and oxygen atoms in total. The first-order valence-corrected chi connectivity index (χ1v) is 8.88. The van der Waals surface area contributed by atoms with E-state index in [1.165, 1.54) is 0 Å². The number of carboxylic acids is 8. The predicted molar refractivity (Wildman–Crippen MR) is 107 cm³/mol. The number of carbonyl (C=O) groups excluding carboxylic acids is 4. The molecule has 0 rings (SSSR count). The van der Waals surface area contributed by atoms with Crippen molar-refractivity contribution in [3.05, 3.63) is 0 Å². The van der Waals surface area contributed by atoms with Crippen molar-refractivity contribution in [1.29, 1.82) is 0 Å². The van der Waals surface area contributed by atoms with Crippen LogP contribution >= 0.6 is 0 Å². The fourth-order valence-corrected chi connectivity index (χ4v) is 1.08. The molecule has 0 aliphatic rings. The zero-order valence-electron chi connectivity index (χ0n) is 20.8. The zero-order valence-corrected chi connectivity index (χ0v) is 28.5. The molecular formula is C16H24K2MgN4O16. The van der Waals surface area contributed by atoms with Gasteiger partial charge in [0.05, 0.1) is 36.9 Å². The minimum absolute atomic E-state index is 0. The Morgan fingerprint density at radius 2 is 0.692 bits per heavy atom. The second-order valence-electron chi connectivity index (χ2n) is 6.09. The summed E-state index contributed by atoms with van der Waals surface area (Å²) in [6.07, 6.45) is -2.48. The molecule has 0 heterocycles. The molecule has 0 amide bonds. The van der Waals surface area contributed by atoms with Gasteiger partial charge in [-0.3, -0.25) is 19.2 Å². The first-order chi connectivity index (χ1) is 16.1. The molecule has 39 heavy (non-hydrogen) atoms. The number of carboxylic acid groups (broad SMARTS) is 8. The fourth-order valence-electron chi connectivity index (χ4n) is 1.08. The van der Waals surface area contributed by atoms with Gasteiger partial charge in [0.2, 0.25) is 0 Å². The Kier molecular flexibility index (Phi) is 45.1. The molecule has 0 aliphatic carbocycles. The Morgan fingerprint density at radius 1 is 0.487 bits per heavy atom. The SMILES string of the molecule is NC(CC(=O)O)C(=O)[O-].NC(CC(=O)O)C(=O)[O-].NC(CC(=O)[O-])C(=O)O.NC(CC(=O)[O-])C(=O)O.[K+].[K+].[Mg+2]. The Hall–Kier alpha value is -0.361. The molecule has 0 saturated carbocycles. The smallest absolute Gasteiger partial charge is 0.550 e. The molecule has 0 aromatic rings. The van der Waals surface area contributed by atoms with Crippen LogP contribution in [0, 0.1) is 0 Å². The molecule has 0 aromatic heterocycles. The molecule has 0 spiro atoms. The molecular weight excluding hydrogens is 607 g/mol. The minimum atomic E-state index is -1.54. The van der Waals surface area contributed by atoms with Crippen molar-refractivity contribution in [2.45, 2.75) is 49.9 Å². The number of carbonyl (C=O) groups is 8. The van der Waals surface area contributed by atoms with E-state index in [0.717, 1.165) is 0 Å². The van der Waals surface area contributed by atoms with Gasteiger partial charge in [0.15, 0.2) is 0 Å². The van der Waals surface area contributed by atoms with Crippen LogP contribution < -0.4 is 146 Å². The molecule has 4 atom stereocenters. The van der Waals surface area contributed by atoms with Gasteiger partial charge >= 0.3 is 150 Å². The maximum atomic E-state index is 9.82. The van der Waals surface area contributed by atoms with Gasteiger partial charge in [-0.2, -0.15) is 0 Å². The summed E-state index contributed by atoms with van der Waals surface area (Å²) in [7, 11) is 0. The van der Waals surface area contributed by atoms with E-state index >= 15 is 0 Å². The third kappa shape index (κ3) is 47.8. The predicted octanol–water partition coefficient (Wildman–Crippen LogP) is -16.2. The summed E-state index contributed by atoms with van der Waals surface area (Å²) in [6, 6.07) is -5.50. The van der Waals surface area contributed by atoms with E-state index in [9.17, 15) is 58.8 Å². The van der Waals surface area contributed by atoms with Crippen LogP contribution in [0.5, 0.6) is 0 Å². The van der Waals surface area contributed by atoms with Crippen LogP contribution in [0.1, 0.15) is 25.7 Å². The first-order valence-electron chi connectivity index (χ1n) is 8.88. The van der Waals surface area contributed by atoms with E-state index in [-0.39, 0.29) is 126 Å². The van der Waals surface area contributed by atoms with Crippen molar-refractivity contribution < 1.29 is 182 Å². The van der Waals surface area contributed by atoms with Crippen LogP contribution in [0.25, 0.3) is 0 Å². The Bertz CT molecular complexity index is 676. The summed E-state index contributed by atoms with van der Waals surface area (Å²) in [5.41, 5.74) is 19.1. The molecule has 0 aromatic carbocycles. The van der Waals surface area contributed by atoms with E-state index in [2.05, 4.69) is 0 Å². The van der Waals surface area contributed by atoms with Crippen LogP contribution in [-0.2, 0) is 38.4 Å². The molecule has 12 N–H and O–H groups in total. The summed E-state index contributed by atoms with van der Waals surface area (Å²) in [5, 5.41) is 70.7. The van der Waals surface area contributed by atoms with Crippen molar-refractivity contribution >= 4 is 70.8 Å². The van der Waals surface area contributed by atoms with Gasteiger partial charge in [0.25, 0.3) is 0 Å². The zero-order chi connectivity index (χ0) is 29.8. The summed E-state index contributed by atoms with van der Waals surface area (Å²) in [6.45, 7) is 0. The Morgan fingerprint density at radius 3 is 0.744 bits per heavy atom. The standard InChI is InChI=1S/4C4H7NO4.2K.Mg/c4*5-2(4(8)9)1-3(6)7;;;/h4*2H,1,5H2,(H,6,7)(H,8,9);;;/q;;;;2*+1;+2/p-4. The molecule has 208 valence electrons. The normalized spacial score (nSPS) is 11.6. The second-order valence-corrected chi connectivity index (χ2v) is 6.09. The summed E-state index contributed by atoms with van der Waals surface area (Å²) in [4.78, 5) is 77.9. The summed E-state index contributed by atoms with van der Waals surface area (Å²) in [5.74, 6) is -11.2. The van der Waals surface area contributed by atoms with Crippen molar-refractivity contribution in [2.75, 3.05) is 0 Å². The van der Waals surface area contributed by atoms with E-state index < -0.39 is 97.6 Å². The topological polar surface area (TPSA) is 414 Å². The average molecular weight is 631 g/mol. The van der Waals surface area contributed by atoms with E-state index in [1.54, 1.807) is 0 Å². The van der Waals surface area contributed by atoms with Gasteiger partial charge in [-0.25, -0.2) is 0 Å². The largest absolute Gasteiger partial charge is 2.00 e. The van der Waals surface area contributed by atoms with Crippen LogP contribution in [0.4, 0.5) is 0 Å². The maximum Gasteiger partial charge on any atom is 2.00 e. The van der Waals surface area contributed by atoms with Gasteiger partial charge < -0.3 is 83.0 Å². The van der Waals surface area contributed by atoms with Crippen LogP contribution in [0.2, 0.25) is 0 Å². The molecule has 0 radical (unpaired) electrons. The average Bonchev–Trinajstić information content (AvgIpc) is 2.67. The van der Waals surface area contributed by atoms with Crippen molar-refractivity contribution in [3.63, 3.8) is 0 Å². The molecule has 4 unspecified atom stereocenters. The molecule has 0 saturated heterocycles. The fraction of sp³-hybridized carbons (Fsp3) is 0.500. The van der Waals surface area contributed by atoms with Gasteiger partial charge in [0, 0.05) is 24.8 Å². The van der Waals surface area contributed by atoms with Crippen molar-refractivity contribution in [1.82, 2.24) is 0 Å². The van der Waals surface area contributed by atoms with Gasteiger partial charge in [-0.1, -0.05) is 0 Å². The third-order valence-electron chi connectivity index (χ3n) is 2.80. The van der Waals surface area contributed by atoms with Crippen LogP contribution in [0.3, 0.4) is 0 Å². The molecule has 0 bridgehead atoms. The van der Waals surface area contributed by atoms with Gasteiger partial charge in [-0.15, -0.1) is 0 Å². The second kappa shape index (κ2) is 32.2. The van der Waals surface area contributed by atoms with Crippen LogP contribution in [-0.4, -0.2) is 115 Å². The van der Waals surface area contributed by atoms with E-state index in [1.807, 2.05) is 0 Å². The number of hydrogen-bond acceptors (Lipinski definition) is 16. The molecule has 0 fully saturated rings. The van der Waals surface area contributed by atoms with E-state index in [4.69, 9.17) is 43.4 Å². The van der Waals surface area contributed by atoms with Crippen molar-refractivity contribution in [2.24, 2.45) is 22.9 Å². The number of aliphatic carboxylic acids is 8. The quantitative estimate of drug-likeness (QED) is 0.0927. The summed E-state index contributed by atoms with van der Waals surface area (Å²) < 4.78 is 0. The molecule has 0 aliphatic heterocycles.